The molecule has 4 rings (SSSR count). The maximum atomic E-state index is 14.1. The number of hydrogen-bond donors (Lipinski definition) is 1. The average molecular weight is 406 g/mol. The van der Waals surface area contributed by atoms with Crippen molar-refractivity contribution in [1.82, 2.24) is 9.97 Å². The lowest BCUT2D eigenvalue weighted by atomic mass is 9.92. The zero-order valence-electron chi connectivity index (χ0n) is 14.9. The van der Waals surface area contributed by atoms with Crippen LogP contribution in [0.3, 0.4) is 0 Å². The lowest BCUT2D eigenvalue weighted by Gasteiger charge is -2.39. The summed E-state index contributed by atoms with van der Waals surface area (Å²) in [6.07, 6.45) is 2.12. The van der Waals surface area contributed by atoms with E-state index in [1.165, 1.54) is 6.20 Å². The summed E-state index contributed by atoms with van der Waals surface area (Å²) < 4.78 is 33.9. The van der Waals surface area contributed by atoms with Crippen molar-refractivity contribution in [2.24, 2.45) is 0 Å². The number of halogens is 3. The number of aromatic nitrogens is 2. The van der Waals surface area contributed by atoms with Gasteiger partial charge in [-0.15, -0.1) is 0 Å². The molecule has 1 N–H and O–H groups in total. The fourth-order valence-electron chi connectivity index (χ4n) is 3.35. The first-order chi connectivity index (χ1) is 13.4. The summed E-state index contributed by atoms with van der Waals surface area (Å²) in [7, 11) is 0. The van der Waals surface area contributed by atoms with Crippen molar-refractivity contribution in [2.45, 2.75) is 18.4 Å². The van der Waals surface area contributed by atoms with E-state index in [9.17, 15) is 13.9 Å². The Labute approximate surface area is 165 Å². The molecule has 0 radical (unpaired) electrons. The molecule has 1 saturated heterocycles. The summed E-state index contributed by atoms with van der Waals surface area (Å²) >= 11 is 5.68. The third-order valence-corrected chi connectivity index (χ3v) is 5.13. The van der Waals surface area contributed by atoms with Crippen molar-refractivity contribution < 1.29 is 18.6 Å². The highest BCUT2D eigenvalue weighted by Gasteiger charge is 2.35. The Hall–Kier alpha value is -2.51. The Balaban J connectivity index is 1.40. The van der Waals surface area contributed by atoms with Crippen molar-refractivity contribution in [2.75, 3.05) is 24.6 Å². The van der Waals surface area contributed by atoms with Crippen LogP contribution in [0.1, 0.15) is 12.8 Å². The molecule has 0 aliphatic carbocycles. The van der Waals surface area contributed by atoms with Gasteiger partial charge >= 0.3 is 0 Å². The van der Waals surface area contributed by atoms with E-state index in [2.05, 4.69) is 9.97 Å². The van der Waals surface area contributed by atoms with Crippen LogP contribution in [0.4, 0.5) is 14.5 Å². The lowest BCUT2D eigenvalue weighted by Crippen LogP contribution is -2.48. The normalized spacial score (nSPS) is 16.4. The van der Waals surface area contributed by atoms with Crippen LogP contribution in [-0.2, 0) is 0 Å². The topological polar surface area (TPSA) is 58.5 Å². The smallest absolute Gasteiger partial charge is 0.232 e. The van der Waals surface area contributed by atoms with Gasteiger partial charge in [-0.25, -0.2) is 18.7 Å². The van der Waals surface area contributed by atoms with Crippen LogP contribution >= 0.6 is 11.6 Å². The fourth-order valence-corrected chi connectivity index (χ4v) is 3.54. The number of nitrogens with zero attached hydrogens (tertiary/aromatic N) is 3. The Morgan fingerprint density at radius 2 is 1.75 bits per heavy atom. The molecule has 5 nitrogen and oxygen atoms in total. The minimum absolute atomic E-state index is 0.0113. The van der Waals surface area contributed by atoms with E-state index >= 15 is 0 Å². The number of ether oxygens (including phenoxy) is 1. The molecule has 1 fully saturated rings. The number of rotatable bonds is 4. The van der Waals surface area contributed by atoms with Crippen LogP contribution in [0.15, 0.2) is 42.6 Å². The highest BCUT2D eigenvalue weighted by molar-refractivity contribution is 6.30. The van der Waals surface area contributed by atoms with Crippen molar-refractivity contribution >= 4 is 28.3 Å². The number of anilines is 1. The van der Waals surface area contributed by atoms with E-state index in [4.69, 9.17) is 16.3 Å². The number of fused-ring (bicyclic) bond motifs is 1. The van der Waals surface area contributed by atoms with Crippen molar-refractivity contribution in [3.63, 3.8) is 0 Å². The first-order valence-corrected chi connectivity index (χ1v) is 9.28. The summed E-state index contributed by atoms with van der Waals surface area (Å²) in [5, 5.41) is 10.8. The molecule has 0 atom stereocenters. The summed E-state index contributed by atoms with van der Waals surface area (Å²) in [6.45, 7) is 0.608. The molecule has 8 heteroatoms. The van der Waals surface area contributed by atoms with Crippen LogP contribution in [0.5, 0.6) is 5.88 Å². The second-order valence-electron chi connectivity index (χ2n) is 6.92. The van der Waals surface area contributed by atoms with Gasteiger partial charge in [0.1, 0.15) is 17.9 Å². The monoisotopic (exact) mass is 405 g/mol. The van der Waals surface area contributed by atoms with E-state index in [1.807, 2.05) is 24.3 Å². The van der Waals surface area contributed by atoms with E-state index in [0.717, 1.165) is 17.6 Å². The van der Waals surface area contributed by atoms with Gasteiger partial charge in [-0.3, -0.25) is 0 Å². The van der Waals surface area contributed by atoms with Gasteiger partial charge in [0.2, 0.25) is 5.88 Å². The maximum absolute atomic E-state index is 14.1. The minimum Gasteiger partial charge on any atom is -0.473 e. The molecule has 1 aliphatic heterocycles. The van der Waals surface area contributed by atoms with Gasteiger partial charge in [0.05, 0.1) is 17.2 Å². The molecule has 2 aromatic carbocycles. The molecule has 0 spiro atoms. The van der Waals surface area contributed by atoms with E-state index in [-0.39, 0.29) is 17.3 Å². The van der Waals surface area contributed by atoms with E-state index in [0.29, 0.717) is 37.3 Å². The van der Waals surface area contributed by atoms with Crippen LogP contribution in [-0.4, -0.2) is 40.4 Å². The van der Waals surface area contributed by atoms with Crippen LogP contribution in [0.25, 0.3) is 11.0 Å². The predicted octanol–water partition coefficient (Wildman–Crippen LogP) is 3.97. The summed E-state index contributed by atoms with van der Waals surface area (Å²) in [5.41, 5.74) is 0.237. The maximum Gasteiger partial charge on any atom is 0.232 e. The quantitative estimate of drug-likeness (QED) is 0.711. The van der Waals surface area contributed by atoms with Crippen LogP contribution in [0.2, 0.25) is 5.02 Å². The Morgan fingerprint density at radius 3 is 2.43 bits per heavy atom. The largest absolute Gasteiger partial charge is 0.473 e. The Bertz CT molecular complexity index is 987. The third-order valence-electron chi connectivity index (χ3n) is 4.91. The van der Waals surface area contributed by atoms with Crippen molar-refractivity contribution in [3.05, 3.63) is 59.3 Å². The molecular weight excluding hydrogens is 388 g/mol. The predicted molar refractivity (Wildman–Crippen MR) is 103 cm³/mol. The first-order valence-electron chi connectivity index (χ1n) is 8.90. The van der Waals surface area contributed by atoms with Crippen LogP contribution < -0.4 is 9.64 Å². The molecule has 1 aliphatic rings. The highest BCUT2D eigenvalue weighted by Crippen LogP contribution is 2.32. The molecule has 0 amide bonds. The molecule has 2 heterocycles. The average Bonchev–Trinajstić information content (AvgIpc) is 2.67. The van der Waals surface area contributed by atoms with Crippen LogP contribution in [0, 0.1) is 11.6 Å². The van der Waals surface area contributed by atoms with E-state index in [1.54, 1.807) is 4.90 Å². The van der Waals surface area contributed by atoms with Gasteiger partial charge in [-0.2, -0.15) is 0 Å². The highest BCUT2D eigenvalue weighted by atomic mass is 35.5. The van der Waals surface area contributed by atoms with Crippen molar-refractivity contribution in [3.8, 4) is 5.88 Å². The SMILES string of the molecule is OC1(COc2cnc3ccccc3n2)CCN(c2c(F)cc(Cl)cc2F)CC1. The van der Waals surface area contributed by atoms with Gasteiger partial charge in [-0.1, -0.05) is 23.7 Å². The molecule has 0 saturated carbocycles. The Kier molecular flexibility index (Phi) is 5.03. The standard InChI is InChI=1S/C20H18ClF2N3O2/c21-13-9-14(22)19(15(23)10-13)26-7-5-20(27,6-8-26)12-28-18-11-24-16-3-1-2-4-17(16)25-18/h1-4,9-11,27H,5-8,12H2. The summed E-state index contributed by atoms with van der Waals surface area (Å²) in [6, 6.07) is 9.59. The van der Waals surface area contributed by atoms with Gasteiger partial charge in [0.25, 0.3) is 0 Å². The fraction of sp³-hybridized carbons (Fsp3) is 0.300. The molecule has 146 valence electrons. The number of para-hydroxylation sites is 2. The van der Waals surface area contributed by atoms with Gasteiger partial charge < -0.3 is 14.7 Å². The molecule has 1 aromatic heterocycles. The van der Waals surface area contributed by atoms with Crippen molar-refractivity contribution in [1.29, 1.82) is 0 Å². The number of piperidine rings is 1. The number of benzene rings is 2. The minimum atomic E-state index is -1.11. The second kappa shape index (κ2) is 7.48. The molecule has 28 heavy (non-hydrogen) atoms. The number of hydrogen-bond acceptors (Lipinski definition) is 5. The summed E-state index contributed by atoms with van der Waals surface area (Å²) in [5.74, 6) is -1.10. The Morgan fingerprint density at radius 1 is 1.11 bits per heavy atom. The molecule has 0 bridgehead atoms. The van der Waals surface area contributed by atoms with Gasteiger partial charge in [0, 0.05) is 18.1 Å². The third kappa shape index (κ3) is 3.86. The number of aliphatic hydroxyl groups is 1. The van der Waals surface area contributed by atoms with E-state index < -0.39 is 17.2 Å². The zero-order chi connectivity index (χ0) is 19.7. The summed E-state index contributed by atoms with van der Waals surface area (Å²) in [4.78, 5) is 10.2. The molecule has 3 aromatic rings. The van der Waals surface area contributed by atoms with Gasteiger partial charge in [-0.05, 0) is 37.1 Å². The van der Waals surface area contributed by atoms with Gasteiger partial charge in [0.15, 0.2) is 11.6 Å². The molecule has 0 unspecified atom stereocenters. The molecular formula is C20H18ClF2N3O2. The zero-order valence-corrected chi connectivity index (χ0v) is 15.7. The second-order valence-corrected chi connectivity index (χ2v) is 7.35. The first kappa shape index (κ1) is 18.8. The lowest BCUT2D eigenvalue weighted by molar-refractivity contribution is -0.0254.